The zero-order valence-corrected chi connectivity index (χ0v) is 16.5. The van der Waals surface area contributed by atoms with Crippen molar-refractivity contribution in [2.24, 2.45) is 0 Å². The van der Waals surface area contributed by atoms with Gasteiger partial charge < -0.3 is 15.2 Å². The number of aryl methyl sites for hydroxylation is 2. The molecule has 0 saturated heterocycles. The number of rotatable bonds is 5. The summed E-state index contributed by atoms with van der Waals surface area (Å²) in [6.07, 6.45) is 0. The Kier molecular flexibility index (Phi) is 4.95. The minimum Gasteiger partial charge on any atom is -0.497 e. The smallest absolute Gasteiger partial charge is 0.321 e. The first-order valence-electron chi connectivity index (χ1n) is 9.18. The Labute approximate surface area is 168 Å². The molecule has 4 rings (SSSR count). The van der Waals surface area contributed by atoms with Gasteiger partial charge in [-0.1, -0.05) is 30.3 Å². The molecular weight excluding hydrogens is 366 g/mol. The van der Waals surface area contributed by atoms with Crippen LogP contribution in [0.15, 0.2) is 48.5 Å². The first-order valence-corrected chi connectivity index (χ1v) is 9.18. The van der Waals surface area contributed by atoms with Gasteiger partial charge in [0.05, 0.1) is 18.3 Å². The van der Waals surface area contributed by atoms with E-state index in [1.54, 1.807) is 14.0 Å². The van der Waals surface area contributed by atoms with Crippen LogP contribution in [0.5, 0.6) is 11.8 Å². The molecule has 0 atom stereocenters. The van der Waals surface area contributed by atoms with Crippen LogP contribution in [-0.4, -0.2) is 27.0 Å². The highest BCUT2D eigenvalue weighted by atomic mass is 16.5. The van der Waals surface area contributed by atoms with E-state index >= 15 is 0 Å². The minimum atomic E-state index is 0.132. The lowest BCUT2D eigenvalue weighted by Crippen LogP contribution is -2.07. The molecule has 0 radical (unpaired) electrons. The van der Waals surface area contributed by atoms with Crippen molar-refractivity contribution in [1.29, 1.82) is 0 Å². The van der Waals surface area contributed by atoms with Crippen molar-refractivity contribution < 1.29 is 9.47 Å². The highest BCUT2D eigenvalue weighted by Gasteiger charge is 2.13. The largest absolute Gasteiger partial charge is 0.497 e. The van der Waals surface area contributed by atoms with Crippen molar-refractivity contribution in [1.82, 2.24) is 19.9 Å². The fourth-order valence-corrected chi connectivity index (χ4v) is 3.20. The molecule has 0 amide bonds. The maximum atomic E-state index is 5.84. The molecule has 0 spiro atoms. The SMILES string of the molecule is COc1cccc(-c2nc3c(C)cccc3cc2COc2nc(C)nc(N)n2)c1. The van der Waals surface area contributed by atoms with Crippen molar-refractivity contribution in [2.45, 2.75) is 20.5 Å². The molecule has 0 aliphatic heterocycles. The normalized spacial score (nSPS) is 10.9. The van der Waals surface area contributed by atoms with Gasteiger partial charge in [-0.15, -0.1) is 0 Å². The minimum absolute atomic E-state index is 0.132. The van der Waals surface area contributed by atoms with Crippen LogP contribution in [0.2, 0.25) is 0 Å². The molecule has 7 nitrogen and oxygen atoms in total. The zero-order chi connectivity index (χ0) is 20.4. The van der Waals surface area contributed by atoms with Crippen molar-refractivity contribution in [2.75, 3.05) is 12.8 Å². The monoisotopic (exact) mass is 387 g/mol. The summed E-state index contributed by atoms with van der Waals surface area (Å²) in [7, 11) is 1.65. The Morgan fingerprint density at radius 2 is 1.76 bits per heavy atom. The van der Waals surface area contributed by atoms with E-state index in [4.69, 9.17) is 20.2 Å². The zero-order valence-electron chi connectivity index (χ0n) is 16.5. The van der Waals surface area contributed by atoms with Gasteiger partial charge in [-0.3, -0.25) is 0 Å². The summed E-state index contributed by atoms with van der Waals surface area (Å²) in [6, 6.07) is 16.2. The van der Waals surface area contributed by atoms with Gasteiger partial charge in [0.25, 0.3) is 0 Å². The number of nitrogens with two attached hydrogens (primary N) is 1. The summed E-state index contributed by atoms with van der Waals surface area (Å²) >= 11 is 0. The van der Waals surface area contributed by atoms with E-state index in [9.17, 15) is 0 Å². The Morgan fingerprint density at radius 3 is 2.55 bits per heavy atom. The second-order valence-corrected chi connectivity index (χ2v) is 6.69. The summed E-state index contributed by atoms with van der Waals surface area (Å²) < 4.78 is 11.2. The van der Waals surface area contributed by atoms with E-state index in [0.29, 0.717) is 5.82 Å². The molecular formula is C22H21N5O2. The summed E-state index contributed by atoms with van der Waals surface area (Å²) in [5.74, 6) is 1.41. The number of aromatic nitrogens is 4. The van der Waals surface area contributed by atoms with Crippen molar-refractivity contribution in [3.8, 4) is 23.0 Å². The van der Waals surface area contributed by atoms with Crippen LogP contribution in [0.4, 0.5) is 5.95 Å². The molecule has 2 aromatic heterocycles. The van der Waals surface area contributed by atoms with Crippen molar-refractivity contribution >= 4 is 16.9 Å². The molecule has 2 heterocycles. The summed E-state index contributed by atoms with van der Waals surface area (Å²) in [5.41, 5.74) is 10.4. The fourth-order valence-electron chi connectivity index (χ4n) is 3.20. The third-order valence-corrected chi connectivity index (χ3v) is 4.57. The van der Waals surface area contributed by atoms with Crippen LogP contribution in [0.3, 0.4) is 0 Å². The average molecular weight is 387 g/mol. The maximum absolute atomic E-state index is 5.84. The van der Waals surface area contributed by atoms with E-state index in [2.05, 4.69) is 34.0 Å². The molecule has 29 heavy (non-hydrogen) atoms. The Balaban J connectivity index is 1.80. The van der Waals surface area contributed by atoms with E-state index in [1.807, 2.05) is 36.4 Å². The molecule has 146 valence electrons. The molecule has 0 bridgehead atoms. The predicted molar refractivity (Wildman–Crippen MR) is 112 cm³/mol. The number of nitrogens with zero attached hydrogens (tertiary/aromatic N) is 4. The number of methoxy groups -OCH3 is 1. The first kappa shape index (κ1) is 18.6. The second-order valence-electron chi connectivity index (χ2n) is 6.69. The van der Waals surface area contributed by atoms with Gasteiger partial charge in [0.1, 0.15) is 18.2 Å². The molecule has 2 aromatic carbocycles. The van der Waals surface area contributed by atoms with E-state index < -0.39 is 0 Å². The molecule has 4 aromatic rings. The van der Waals surface area contributed by atoms with Crippen LogP contribution in [-0.2, 0) is 6.61 Å². The summed E-state index contributed by atoms with van der Waals surface area (Å²) in [4.78, 5) is 17.2. The van der Waals surface area contributed by atoms with E-state index in [1.165, 1.54) is 0 Å². The van der Waals surface area contributed by atoms with Crippen molar-refractivity contribution in [3.05, 3.63) is 65.5 Å². The highest BCUT2D eigenvalue weighted by molar-refractivity contribution is 5.86. The van der Waals surface area contributed by atoms with Crippen LogP contribution in [0, 0.1) is 13.8 Å². The quantitative estimate of drug-likeness (QED) is 0.555. The number of hydrogen-bond donors (Lipinski definition) is 1. The first-order chi connectivity index (χ1) is 14.0. The van der Waals surface area contributed by atoms with Gasteiger partial charge in [-0.05, 0) is 37.6 Å². The van der Waals surface area contributed by atoms with Gasteiger partial charge >= 0.3 is 6.01 Å². The number of anilines is 1. The highest BCUT2D eigenvalue weighted by Crippen LogP contribution is 2.30. The third kappa shape index (κ3) is 3.94. The van der Waals surface area contributed by atoms with Gasteiger partial charge in [0.15, 0.2) is 0 Å². The molecule has 0 aliphatic rings. The van der Waals surface area contributed by atoms with Gasteiger partial charge in [0, 0.05) is 16.5 Å². The van der Waals surface area contributed by atoms with Crippen LogP contribution in [0.1, 0.15) is 17.0 Å². The number of pyridine rings is 1. The van der Waals surface area contributed by atoms with Crippen molar-refractivity contribution in [3.63, 3.8) is 0 Å². The van der Waals surface area contributed by atoms with Gasteiger partial charge in [-0.2, -0.15) is 15.0 Å². The molecule has 0 unspecified atom stereocenters. The molecule has 7 heteroatoms. The van der Waals surface area contributed by atoms with Gasteiger partial charge in [-0.25, -0.2) is 4.98 Å². The van der Waals surface area contributed by atoms with Crippen LogP contribution >= 0.6 is 0 Å². The lowest BCUT2D eigenvalue weighted by atomic mass is 10.0. The molecule has 0 fully saturated rings. The number of benzene rings is 2. The topological polar surface area (TPSA) is 96.0 Å². The lowest BCUT2D eigenvalue weighted by molar-refractivity contribution is 0.279. The number of para-hydroxylation sites is 1. The van der Waals surface area contributed by atoms with E-state index in [0.717, 1.165) is 39.0 Å². The predicted octanol–water partition coefficient (Wildman–Crippen LogP) is 3.87. The second kappa shape index (κ2) is 7.71. The number of nitrogen functional groups attached to an aromatic ring is 1. The van der Waals surface area contributed by atoms with Gasteiger partial charge in [0.2, 0.25) is 5.95 Å². The van der Waals surface area contributed by atoms with Crippen LogP contribution < -0.4 is 15.2 Å². The van der Waals surface area contributed by atoms with E-state index in [-0.39, 0.29) is 18.6 Å². The number of fused-ring (bicyclic) bond motifs is 1. The lowest BCUT2D eigenvalue weighted by Gasteiger charge is -2.13. The fraction of sp³-hybridized carbons (Fsp3) is 0.182. The maximum Gasteiger partial charge on any atom is 0.321 e. The molecule has 0 aliphatic carbocycles. The summed E-state index contributed by atoms with van der Waals surface area (Å²) in [5, 5.41) is 1.04. The Hall–Kier alpha value is -3.74. The average Bonchev–Trinajstić information content (AvgIpc) is 2.71. The summed E-state index contributed by atoms with van der Waals surface area (Å²) in [6.45, 7) is 4.04. The standard InChI is InChI=1S/C22H21N5O2/c1-13-6-4-7-15-10-17(12-29-22-25-14(2)24-21(23)27-22)20(26-19(13)15)16-8-5-9-18(11-16)28-3/h4-11H,12H2,1-3H3,(H2,23,24,25,27). The number of hydrogen-bond acceptors (Lipinski definition) is 7. The molecule has 0 saturated carbocycles. The Bertz CT molecular complexity index is 1170. The molecule has 2 N–H and O–H groups in total. The Morgan fingerprint density at radius 1 is 0.931 bits per heavy atom. The number of ether oxygens (including phenoxy) is 2. The van der Waals surface area contributed by atoms with Crippen LogP contribution in [0.25, 0.3) is 22.2 Å². The third-order valence-electron chi connectivity index (χ3n) is 4.57.